The van der Waals surface area contributed by atoms with E-state index >= 15 is 0 Å². The van der Waals surface area contributed by atoms with Crippen molar-refractivity contribution < 1.29 is 19.7 Å². The van der Waals surface area contributed by atoms with E-state index in [0.717, 1.165) is 44.2 Å². The summed E-state index contributed by atoms with van der Waals surface area (Å²) in [5.74, 6) is 0.887. The van der Waals surface area contributed by atoms with Crippen LogP contribution >= 0.6 is 0 Å². The summed E-state index contributed by atoms with van der Waals surface area (Å²) in [5, 5.41) is 26.7. The van der Waals surface area contributed by atoms with Crippen molar-refractivity contribution in [3.63, 3.8) is 0 Å². The Morgan fingerprint density at radius 1 is 1.32 bits per heavy atom. The number of nitrogens with zero attached hydrogens (tertiary/aromatic N) is 5. The molecule has 2 aliphatic rings. The minimum Gasteiger partial charge on any atom is -0.487 e. The van der Waals surface area contributed by atoms with Crippen molar-refractivity contribution in [2.45, 2.75) is 63.6 Å². The lowest BCUT2D eigenvalue weighted by Gasteiger charge is -2.29. The number of ether oxygens (including phenoxy) is 1. The predicted octanol–water partition coefficient (Wildman–Crippen LogP) is 2.05. The second-order valence-electron chi connectivity index (χ2n) is 7.75. The predicted molar refractivity (Wildman–Crippen MR) is 98.6 cm³/mol. The molecule has 0 unspecified atom stereocenters. The lowest BCUT2D eigenvalue weighted by molar-refractivity contribution is -0.138. The van der Waals surface area contributed by atoms with E-state index in [4.69, 9.17) is 14.8 Å². The molecule has 2 aliphatic carbocycles. The molecule has 2 fully saturated rings. The van der Waals surface area contributed by atoms with Gasteiger partial charge in [-0.3, -0.25) is 4.79 Å². The van der Waals surface area contributed by atoms with Gasteiger partial charge in [-0.05, 0) is 44.4 Å². The van der Waals surface area contributed by atoms with Crippen LogP contribution in [0.1, 0.15) is 62.3 Å². The van der Waals surface area contributed by atoms with E-state index in [2.05, 4.69) is 15.3 Å². The fourth-order valence-corrected chi connectivity index (χ4v) is 3.93. The van der Waals surface area contributed by atoms with E-state index in [1.54, 1.807) is 13.2 Å². The van der Waals surface area contributed by atoms with Crippen LogP contribution in [0, 0.1) is 5.92 Å². The maximum absolute atomic E-state index is 11.0. The third kappa shape index (κ3) is 3.99. The molecule has 0 amide bonds. The number of aliphatic hydroxyl groups is 1. The smallest absolute Gasteiger partial charge is 0.303 e. The Labute approximate surface area is 162 Å². The van der Waals surface area contributed by atoms with Gasteiger partial charge in [-0.2, -0.15) is 0 Å². The minimum atomic E-state index is -0.749. The normalized spacial score (nSPS) is 22.2. The summed E-state index contributed by atoms with van der Waals surface area (Å²) >= 11 is 0. The van der Waals surface area contributed by atoms with E-state index in [9.17, 15) is 9.90 Å². The number of carbonyl (C=O) groups is 1. The molecule has 2 saturated carbocycles. The zero-order valence-electron chi connectivity index (χ0n) is 15.9. The summed E-state index contributed by atoms with van der Waals surface area (Å²) in [7, 11) is 1.72. The SMILES string of the molecule is Cn1nnc(-c2ncc(O[C@H]3CCC[C@H](CC(=O)O)C3)c(C3CC3)n2)c1CO. The fraction of sp³-hybridized carbons (Fsp3) is 0.632. The van der Waals surface area contributed by atoms with Crippen LogP contribution in [0.25, 0.3) is 11.5 Å². The van der Waals surface area contributed by atoms with Crippen molar-refractivity contribution in [3.05, 3.63) is 17.6 Å². The van der Waals surface area contributed by atoms with Crippen molar-refractivity contribution in [3.8, 4) is 17.3 Å². The van der Waals surface area contributed by atoms with Crippen LogP contribution in [0.15, 0.2) is 6.20 Å². The van der Waals surface area contributed by atoms with Crippen LogP contribution in [0.2, 0.25) is 0 Å². The van der Waals surface area contributed by atoms with Crippen molar-refractivity contribution in [1.29, 1.82) is 0 Å². The molecule has 28 heavy (non-hydrogen) atoms. The Kier molecular flexibility index (Phi) is 5.25. The van der Waals surface area contributed by atoms with Crippen molar-refractivity contribution in [2.75, 3.05) is 0 Å². The first kappa shape index (κ1) is 18.8. The minimum absolute atomic E-state index is 0.00503. The number of aryl methyl sites for hydroxylation is 1. The molecule has 0 aliphatic heterocycles. The van der Waals surface area contributed by atoms with Gasteiger partial charge in [-0.15, -0.1) is 5.10 Å². The van der Waals surface area contributed by atoms with E-state index in [-0.39, 0.29) is 25.0 Å². The van der Waals surface area contributed by atoms with Gasteiger partial charge in [0.2, 0.25) is 0 Å². The van der Waals surface area contributed by atoms with Crippen molar-refractivity contribution in [1.82, 2.24) is 25.0 Å². The van der Waals surface area contributed by atoms with Crippen LogP contribution in [0.4, 0.5) is 0 Å². The van der Waals surface area contributed by atoms with Crippen molar-refractivity contribution >= 4 is 5.97 Å². The van der Waals surface area contributed by atoms with Gasteiger partial charge in [0.1, 0.15) is 0 Å². The maximum Gasteiger partial charge on any atom is 0.303 e. The molecule has 9 heteroatoms. The third-order valence-electron chi connectivity index (χ3n) is 5.54. The number of hydrogen-bond acceptors (Lipinski definition) is 7. The molecule has 150 valence electrons. The lowest BCUT2D eigenvalue weighted by Crippen LogP contribution is -2.27. The van der Waals surface area contributed by atoms with Gasteiger partial charge in [0.05, 0.1) is 30.3 Å². The highest BCUT2D eigenvalue weighted by atomic mass is 16.5. The summed E-state index contributed by atoms with van der Waals surface area (Å²) in [6.45, 7) is -0.188. The summed E-state index contributed by atoms with van der Waals surface area (Å²) in [4.78, 5) is 20.1. The van der Waals surface area contributed by atoms with Crippen LogP contribution in [0.3, 0.4) is 0 Å². The highest BCUT2D eigenvalue weighted by Gasteiger charge is 2.32. The Balaban J connectivity index is 1.55. The van der Waals surface area contributed by atoms with Gasteiger partial charge in [0, 0.05) is 19.4 Å². The molecule has 2 aromatic heterocycles. The highest BCUT2D eigenvalue weighted by Crippen LogP contribution is 2.44. The van der Waals surface area contributed by atoms with E-state index < -0.39 is 5.97 Å². The summed E-state index contributed by atoms with van der Waals surface area (Å²) < 4.78 is 7.76. The highest BCUT2D eigenvalue weighted by molar-refractivity contribution is 5.67. The Hall–Kier alpha value is -2.55. The average molecular weight is 387 g/mol. The molecule has 2 aromatic rings. The average Bonchev–Trinajstić information content (AvgIpc) is 3.44. The first-order valence-corrected chi connectivity index (χ1v) is 9.80. The second-order valence-corrected chi connectivity index (χ2v) is 7.75. The number of carboxylic acids is 1. The molecule has 0 bridgehead atoms. The quantitative estimate of drug-likeness (QED) is 0.740. The molecular formula is C19H25N5O4. The van der Waals surface area contributed by atoms with Gasteiger partial charge in [0.25, 0.3) is 0 Å². The number of aliphatic hydroxyl groups excluding tert-OH is 1. The summed E-state index contributed by atoms with van der Waals surface area (Å²) in [6, 6.07) is 0. The number of rotatable bonds is 7. The molecule has 0 aromatic carbocycles. The molecule has 2 N–H and O–H groups in total. The first-order chi connectivity index (χ1) is 13.5. The molecule has 0 radical (unpaired) electrons. The number of carboxylic acid groups (broad SMARTS) is 1. The van der Waals surface area contributed by atoms with Gasteiger partial charge in [-0.25, -0.2) is 14.6 Å². The Morgan fingerprint density at radius 2 is 2.14 bits per heavy atom. The monoisotopic (exact) mass is 387 g/mol. The van der Waals surface area contributed by atoms with Gasteiger partial charge < -0.3 is 14.9 Å². The topological polar surface area (TPSA) is 123 Å². The van der Waals surface area contributed by atoms with Crippen LogP contribution < -0.4 is 4.74 Å². The zero-order chi connectivity index (χ0) is 19.7. The molecule has 0 spiro atoms. The van der Waals surface area contributed by atoms with Crippen LogP contribution in [-0.4, -0.2) is 47.2 Å². The third-order valence-corrected chi connectivity index (χ3v) is 5.54. The number of aromatic nitrogens is 5. The Morgan fingerprint density at radius 3 is 2.86 bits per heavy atom. The standard InChI is InChI=1S/C19H25N5O4/c1-24-14(10-25)18(22-23-24)19-20-9-15(17(21-19)12-5-6-12)28-13-4-2-3-11(7-13)8-16(26)27/h9,11-13,25H,2-8,10H2,1H3,(H,26,27)/t11-,13-/m0/s1. The number of hydrogen-bond donors (Lipinski definition) is 2. The lowest BCUT2D eigenvalue weighted by atomic mass is 9.85. The molecule has 2 heterocycles. The van der Waals surface area contributed by atoms with Gasteiger partial charge in [-0.1, -0.05) is 5.21 Å². The summed E-state index contributed by atoms with van der Waals surface area (Å²) in [6.07, 6.45) is 7.58. The van der Waals surface area contributed by atoms with Crippen molar-refractivity contribution in [2.24, 2.45) is 13.0 Å². The molecule has 2 atom stereocenters. The van der Waals surface area contributed by atoms with E-state index in [0.29, 0.717) is 28.9 Å². The zero-order valence-corrected chi connectivity index (χ0v) is 15.9. The molecule has 0 saturated heterocycles. The van der Waals surface area contributed by atoms with E-state index in [1.807, 2.05) is 0 Å². The molecule has 9 nitrogen and oxygen atoms in total. The van der Waals surface area contributed by atoms with Gasteiger partial charge >= 0.3 is 5.97 Å². The van der Waals surface area contributed by atoms with Gasteiger partial charge in [0.15, 0.2) is 17.3 Å². The molecule has 4 rings (SSSR count). The summed E-state index contributed by atoms with van der Waals surface area (Å²) in [5.41, 5.74) is 1.93. The largest absolute Gasteiger partial charge is 0.487 e. The Bertz CT molecular complexity index is 864. The number of aliphatic carboxylic acids is 1. The maximum atomic E-state index is 11.0. The van der Waals surface area contributed by atoms with Crippen LogP contribution in [-0.2, 0) is 18.4 Å². The fourth-order valence-electron chi connectivity index (χ4n) is 3.93. The van der Waals surface area contributed by atoms with Crippen LogP contribution in [0.5, 0.6) is 5.75 Å². The molecular weight excluding hydrogens is 362 g/mol. The first-order valence-electron chi connectivity index (χ1n) is 9.80. The van der Waals surface area contributed by atoms with E-state index in [1.165, 1.54) is 4.68 Å². The second kappa shape index (κ2) is 7.83.